The van der Waals surface area contributed by atoms with Gasteiger partial charge in [0, 0.05) is 43.2 Å². The molecular weight excluding hydrogens is 402 g/mol. The number of benzene rings is 2. The van der Waals surface area contributed by atoms with Crippen molar-refractivity contribution in [2.24, 2.45) is 0 Å². The number of fused-ring (bicyclic) bond motifs is 1. The Hall–Kier alpha value is -3.12. The standard InChI is InChI=1S/C26H29N3O3/c1-19-6-8-20(9-7-19)26(31)28-14-15-29(25(30)18-28)22-10-12-27(13-11-22)17-23-16-21-4-2-3-5-24(21)32-23/h2-9,16,22H,10-15,17-18H2,1H3. The van der Waals surface area contributed by atoms with E-state index >= 15 is 0 Å². The first kappa shape index (κ1) is 20.8. The van der Waals surface area contributed by atoms with Crippen molar-refractivity contribution in [3.63, 3.8) is 0 Å². The number of nitrogens with zero attached hydrogens (tertiary/aromatic N) is 3. The van der Waals surface area contributed by atoms with E-state index in [4.69, 9.17) is 4.42 Å². The maximum atomic E-state index is 12.9. The number of hydrogen-bond acceptors (Lipinski definition) is 4. The number of piperazine rings is 1. The maximum absolute atomic E-state index is 12.9. The molecule has 6 nitrogen and oxygen atoms in total. The Morgan fingerprint density at radius 2 is 1.75 bits per heavy atom. The molecule has 2 aliphatic rings. The molecule has 5 rings (SSSR count). The Morgan fingerprint density at radius 1 is 1.00 bits per heavy atom. The first-order valence-electron chi connectivity index (χ1n) is 11.4. The molecule has 0 bridgehead atoms. The lowest BCUT2D eigenvalue weighted by atomic mass is 10.0. The lowest BCUT2D eigenvalue weighted by Crippen LogP contribution is -2.57. The summed E-state index contributed by atoms with van der Waals surface area (Å²) in [5.41, 5.74) is 2.70. The van der Waals surface area contributed by atoms with Crippen molar-refractivity contribution in [3.05, 3.63) is 71.5 Å². The Morgan fingerprint density at radius 3 is 2.47 bits per heavy atom. The summed E-state index contributed by atoms with van der Waals surface area (Å²) in [6.07, 6.45) is 1.91. The summed E-state index contributed by atoms with van der Waals surface area (Å²) >= 11 is 0. The van der Waals surface area contributed by atoms with Crippen molar-refractivity contribution < 1.29 is 14.0 Å². The van der Waals surface area contributed by atoms with E-state index in [1.807, 2.05) is 54.3 Å². The molecule has 32 heavy (non-hydrogen) atoms. The molecule has 0 saturated carbocycles. The van der Waals surface area contributed by atoms with Crippen LogP contribution in [0.15, 0.2) is 59.0 Å². The molecule has 3 heterocycles. The second-order valence-corrected chi connectivity index (χ2v) is 8.94. The molecule has 6 heteroatoms. The van der Waals surface area contributed by atoms with Gasteiger partial charge in [-0.1, -0.05) is 35.9 Å². The highest BCUT2D eigenvalue weighted by Gasteiger charge is 2.33. The van der Waals surface area contributed by atoms with E-state index in [9.17, 15) is 9.59 Å². The van der Waals surface area contributed by atoms with Gasteiger partial charge in [0.25, 0.3) is 5.91 Å². The van der Waals surface area contributed by atoms with Gasteiger partial charge in [0.1, 0.15) is 17.9 Å². The molecule has 2 aliphatic heterocycles. The minimum atomic E-state index is -0.0568. The lowest BCUT2D eigenvalue weighted by Gasteiger charge is -2.42. The van der Waals surface area contributed by atoms with Crippen LogP contribution in [0, 0.1) is 6.92 Å². The van der Waals surface area contributed by atoms with Crippen LogP contribution in [0.1, 0.15) is 34.5 Å². The van der Waals surface area contributed by atoms with Crippen molar-refractivity contribution in [1.29, 1.82) is 0 Å². The molecule has 0 spiro atoms. The van der Waals surface area contributed by atoms with Crippen molar-refractivity contribution in [1.82, 2.24) is 14.7 Å². The molecule has 0 atom stereocenters. The minimum Gasteiger partial charge on any atom is -0.460 e. The second-order valence-electron chi connectivity index (χ2n) is 8.94. The molecule has 0 radical (unpaired) electrons. The highest BCUT2D eigenvalue weighted by Crippen LogP contribution is 2.24. The summed E-state index contributed by atoms with van der Waals surface area (Å²) < 4.78 is 5.96. The van der Waals surface area contributed by atoms with Crippen LogP contribution in [0.3, 0.4) is 0 Å². The zero-order valence-electron chi connectivity index (χ0n) is 18.5. The summed E-state index contributed by atoms with van der Waals surface area (Å²) in [5, 5.41) is 1.14. The van der Waals surface area contributed by atoms with Gasteiger partial charge in [0.15, 0.2) is 0 Å². The number of rotatable bonds is 4. The normalized spacial score (nSPS) is 18.5. The van der Waals surface area contributed by atoms with Crippen LogP contribution in [0.5, 0.6) is 0 Å². The predicted octanol–water partition coefficient (Wildman–Crippen LogP) is 3.69. The third-order valence-corrected chi connectivity index (χ3v) is 6.70. The minimum absolute atomic E-state index is 0.0568. The first-order valence-corrected chi connectivity index (χ1v) is 11.4. The molecule has 1 aromatic heterocycles. The van der Waals surface area contributed by atoms with E-state index in [-0.39, 0.29) is 24.4 Å². The topological polar surface area (TPSA) is 57.0 Å². The highest BCUT2D eigenvalue weighted by molar-refractivity contribution is 5.97. The van der Waals surface area contributed by atoms with Gasteiger partial charge in [-0.15, -0.1) is 0 Å². The number of para-hydroxylation sites is 1. The van der Waals surface area contributed by atoms with Gasteiger partial charge in [-0.2, -0.15) is 0 Å². The monoisotopic (exact) mass is 431 g/mol. The zero-order chi connectivity index (χ0) is 22.1. The van der Waals surface area contributed by atoms with E-state index in [1.165, 1.54) is 0 Å². The summed E-state index contributed by atoms with van der Waals surface area (Å²) in [7, 11) is 0. The van der Waals surface area contributed by atoms with Gasteiger partial charge in [-0.3, -0.25) is 14.5 Å². The molecule has 0 aliphatic carbocycles. The van der Waals surface area contributed by atoms with Crippen LogP contribution in [0.4, 0.5) is 0 Å². The third-order valence-electron chi connectivity index (χ3n) is 6.70. The SMILES string of the molecule is Cc1ccc(C(=O)N2CCN(C3CCN(Cc4cc5ccccc5o4)CC3)C(=O)C2)cc1. The van der Waals surface area contributed by atoms with Gasteiger partial charge < -0.3 is 14.2 Å². The van der Waals surface area contributed by atoms with E-state index in [1.54, 1.807) is 4.90 Å². The fourth-order valence-electron chi connectivity index (χ4n) is 4.85. The van der Waals surface area contributed by atoms with Gasteiger partial charge in [0.2, 0.25) is 5.91 Å². The van der Waals surface area contributed by atoms with Crippen LogP contribution in [-0.2, 0) is 11.3 Å². The van der Waals surface area contributed by atoms with Crippen LogP contribution in [0.25, 0.3) is 11.0 Å². The molecule has 3 aromatic rings. The number of hydrogen-bond donors (Lipinski definition) is 0. The quantitative estimate of drug-likeness (QED) is 0.632. The van der Waals surface area contributed by atoms with Gasteiger partial charge in [-0.05, 0) is 44.0 Å². The Bertz CT molecular complexity index is 1080. The van der Waals surface area contributed by atoms with E-state index < -0.39 is 0 Å². The lowest BCUT2D eigenvalue weighted by molar-refractivity contribution is -0.138. The molecule has 2 amide bonds. The predicted molar refractivity (Wildman–Crippen MR) is 123 cm³/mol. The summed E-state index contributed by atoms with van der Waals surface area (Å²) in [4.78, 5) is 31.7. The van der Waals surface area contributed by atoms with Gasteiger partial charge in [0.05, 0.1) is 6.54 Å². The highest BCUT2D eigenvalue weighted by atomic mass is 16.3. The summed E-state index contributed by atoms with van der Waals surface area (Å²) in [6, 6.07) is 18.0. The van der Waals surface area contributed by atoms with Crippen LogP contribution >= 0.6 is 0 Å². The molecule has 2 fully saturated rings. The Balaban J connectivity index is 1.14. The number of furan rings is 1. The number of amides is 2. The Kier molecular flexibility index (Phi) is 5.70. The molecule has 2 aromatic carbocycles. The van der Waals surface area contributed by atoms with E-state index in [0.29, 0.717) is 18.7 Å². The van der Waals surface area contributed by atoms with Crippen molar-refractivity contribution in [2.45, 2.75) is 32.4 Å². The van der Waals surface area contributed by atoms with Crippen LogP contribution in [-0.4, -0.2) is 65.3 Å². The van der Waals surface area contributed by atoms with Crippen LogP contribution < -0.4 is 0 Å². The van der Waals surface area contributed by atoms with Crippen molar-refractivity contribution in [3.8, 4) is 0 Å². The van der Waals surface area contributed by atoms with E-state index in [0.717, 1.165) is 54.8 Å². The molecular formula is C26H29N3O3. The van der Waals surface area contributed by atoms with E-state index in [2.05, 4.69) is 17.0 Å². The molecule has 0 N–H and O–H groups in total. The number of carbonyl (C=O) groups is 2. The zero-order valence-corrected chi connectivity index (χ0v) is 18.5. The second kappa shape index (κ2) is 8.79. The van der Waals surface area contributed by atoms with Gasteiger partial charge >= 0.3 is 0 Å². The van der Waals surface area contributed by atoms with Gasteiger partial charge in [-0.25, -0.2) is 0 Å². The first-order chi connectivity index (χ1) is 15.6. The molecule has 2 saturated heterocycles. The average molecular weight is 432 g/mol. The molecule has 0 unspecified atom stereocenters. The maximum Gasteiger partial charge on any atom is 0.254 e. The van der Waals surface area contributed by atoms with Crippen molar-refractivity contribution in [2.75, 3.05) is 32.7 Å². The fraction of sp³-hybridized carbons (Fsp3) is 0.385. The molecule has 166 valence electrons. The summed E-state index contributed by atoms with van der Waals surface area (Å²) in [6.45, 7) is 6.07. The number of aryl methyl sites for hydroxylation is 1. The smallest absolute Gasteiger partial charge is 0.254 e. The number of carbonyl (C=O) groups excluding carboxylic acids is 2. The summed E-state index contributed by atoms with van der Waals surface area (Å²) in [5.74, 6) is 0.995. The Labute approximate surface area is 188 Å². The van der Waals surface area contributed by atoms with Crippen molar-refractivity contribution >= 4 is 22.8 Å². The third kappa shape index (κ3) is 4.28. The van der Waals surface area contributed by atoms with Crippen LogP contribution in [0.2, 0.25) is 0 Å². The number of likely N-dealkylation sites (tertiary alicyclic amines) is 1. The average Bonchev–Trinajstić information content (AvgIpc) is 3.22. The fourth-order valence-corrected chi connectivity index (χ4v) is 4.85. The largest absolute Gasteiger partial charge is 0.460 e. The number of piperidine rings is 1.